The second-order valence-corrected chi connectivity index (χ2v) is 4.20. The Labute approximate surface area is 93.7 Å². The average Bonchev–Trinajstić information content (AvgIpc) is 2.23. The van der Waals surface area contributed by atoms with Crippen LogP contribution >= 0.6 is 0 Å². The van der Waals surface area contributed by atoms with Gasteiger partial charge in [0.1, 0.15) is 0 Å². The van der Waals surface area contributed by atoms with Gasteiger partial charge in [0.15, 0.2) is 5.43 Å². The largest absolute Gasteiger partial charge is 0.389 e. The van der Waals surface area contributed by atoms with E-state index in [-0.39, 0.29) is 5.43 Å². The molecule has 2 rings (SSSR count). The number of aliphatic hydroxyl groups is 1. The molecule has 0 aliphatic heterocycles. The van der Waals surface area contributed by atoms with E-state index in [0.29, 0.717) is 10.9 Å². The van der Waals surface area contributed by atoms with E-state index < -0.39 is 6.10 Å². The number of aryl methyl sites for hydroxylation is 2. The zero-order valence-corrected chi connectivity index (χ0v) is 9.66. The average molecular weight is 217 g/mol. The second-order valence-electron chi connectivity index (χ2n) is 4.20. The van der Waals surface area contributed by atoms with Gasteiger partial charge in [-0.1, -0.05) is 12.1 Å². The summed E-state index contributed by atoms with van der Waals surface area (Å²) in [4.78, 5) is 15.3. The molecule has 1 atom stereocenters. The molecule has 0 radical (unpaired) electrons. The van der Waals surface area contributed by atoms with Crippen LogP contribution in [0.25, 0.3) is 10.9 Å². The van der Waals surface area contributed by atoms with E-state index in [9.17, 15) is 9.90 Å². The Hall–Kier alpha value is -1.61. The molecule has 2 N–H and O–H groups in total. The van der Waals surface area contributed by atoms with E-state index in [4.69, 9.17) is 0 Å². The van der Waals surface area contributed by atoms with Crippen LogP contribution in [0.2, 0.25) is 0 Å². The first-order valence-corrected chi connectivity index (χ1v) is 5.32. The standard InChI is InChI=1S/C13H15NO2/c1-7-4-5-8(2)12-11(7)13(16)10(6-14-12)9(3)15/h4-6,9,15H,1-3H3,(H,14,16). The van der Waals surface area contributed by atoms with E-state index in [1.165, 1.54) is 0 Å². The normalized spacial score (nSPS) is 13.0. The molecule has 1 unspecified atom stereocenters. The number of aromatic amines is 1. The predicted octanol–water partition coefficient (Wildman–Crippen LogP) is 2.20. The number of nitrogens with one attached hydrogen (secondary N) is 1. The van der Waals surface area contributed by atoms with Crippen LogP contribution in [-0.4, -0.2) is 10.1 Å². The molecule has 0 aliphatic rings. The summed E-state index contributed by atoms with van der Waals surface area (Å²) in [6.07, 6.45) is 0.856. The maximum Gasteiger partial charge on any atom is 0.195 e. The molecular weight excluding hydrogens is 202 g/mol. The lowest BCUT2D eigenvalue weighted by Gasteiger charge is -2.09. The summed E-state index contributed by atoms with van der Waals surface area (Å²) in [6, 6.07) is 3.91. The summed E-state index contributed by atoms with van der Waals surface area (Å²) >= 11 is 0. The third-order valence-electron chi connectivity index (χ3n) is 2.93. The summed E-state index contributed by atoms with van der Waals surface area (Å²) in [5.41, 5.74) is 3.17. The lowest BCUT2D eigenvalue weighted by Crippen LogP contribution is -2.14. The van der Waals surface area contributed by atoms with E-state index >= 15 is 0 Å². The van der Waals surface area contributed by atoms with Gasteiger partial charge in [-0.3, -0.25) is 4.79 Å². The highest BCUT2D eigenvalue weighted by atomic mass is 16.3. The van der Waals surface area contributed by atoms with Crippen molar-refractivity contribution in [3.05, 3.63) is 45.2 Å². The predicted molar refractivity (Wildman–Crippen MR) is 64.7 cm³/mol. The highest BCUT2D eigenvalue weighted by molar-refractivity contribution is 5.85. The van der Waals surface area contributed by atoms with Crippen molar-refractivity contribution in [2.45, 2.75) is 26.9 Å². The molecule has 0 spiro atoms. The molecule has 0 aliphatic carbocycles. The minimum atomic E-state index is -0.743. The molecule has 1 aromatic heterocycles. The number of fused-ring (bicyclic) bond motifs is 1. The van der Waals surface area contributed by atoms with Gasteiger partial charge in [-0.25, -0.2) is 0 Å². The lowest BCUT2D eigenvalue weighted by molar-refractivity contribution is 0.198. The fraction of sp³-hybridized carbons (Fsp3) is 0.308. The van der Waals surface area contributed by atoms with Gasteiger partial charge >= 0.3 is 0 Å². The molecule has 1 aromatic carbocycles. The van der Waals surface area contributed by atoms with Crippen LogP contribution in [0.5, 0.6) is 0 Å². The molecule has 2 aromatic rings. The molecule has 0 saturated carbocycles. The molecule has 3 heteroatoms. The van der Waals surface area contributed by atoms with E-state index in [0.717, 1.165) is 16.6 Å². The van der Waals surface area contributed by atoms with Crippen LogP contribution in [0, 0.1) is 13.8 Å². The Kier molecular flexibility index (Phi) is 2.56. The molecule has 84 valence electrons. The van der Waals surface area contributed by atoms with Crippen molar-refractivity contribution in [2.75, 3.05) is 0 Å². The summed E-state index contributed by atoms with van der Waals surface area (Å²) in [5.74, 6) is 0. The van der Waals surface area contributed by atoms with Crippen molar-refractivity contribution in [1.82, 2.24) is 4.98 Å². The molecule has 16 heavy (non-hydrogen) atoms. The second kappa shape index (κ2) is 3.76. The highest BCUT2D eigenvalue weighted by Gasteiger charge is 2.11. The van der Waals surface area contributed by atoms with Gasteiger partial charge in [-0.05, 0) is 31.9 Å². The molecule has 0 saturated heterocycles. The third-order valence-corrected chi connectivity index (χ3v) is 2.93. The molecule has 0 fully saturated rings. The van der Waals surface area contributed by atoms with Crippen LogP contribution in [0.4, 0.5) is 0 Å². The van der Waals surface area contributed by atoms with Gasteiger partial charge in [0, 0.05) is 17.1 Å². The fourth-order valence-electron chi connectivity index (χ4n) is 1.96. The maximum absolute atomic E-state index is 12.2. The Morgan fingerprint density at radius 1 is 1.25 bits per heavy atom. The van der Waals surface area contributed by atoms with Crippen LogP contribution in [-0.2, 0) is 0 Å². The van der Waals surface area contributed by atoms with Gasteiger partial charge in [0.25, 0.3) is 0 Å². The van der Waals surface area contributed by atoms with E-state index in [1.54, 1.807) is 13.1 Å². The summed E-state index contributed by atoms with van der Waals surface area (Å²) < 4.78 is 0. The van der Waals surface area contributed by atoms with Crippen LogP contribution in [0.1, 0.15) is 29.7 Å². The first-order chi connectivity index (χ1) is 7.52. The molecule has 0 amide bonds. The van der Waals surface area contributed by atoms with Crippen molar-refractivity contribution in [3.63, 3.8) is 0 Å². The zero-order chi connectivity index (χ0) is 11.9. The van der Waals surface area contributed by atoms with Crippen LogP contribution in [0.3, 0.4) is 0 Å². The topological polar surface area (TPSA) is 53.1 Å². The fourth-order valence-corrected chi connectivity index (χ4v) is 1.96. The minimum absolute atomic E-state index is 0.0787. The Morgan fingerprint density at radius 2 is 1.88 bits per heavy atom. The smallest absolute Gasteiger partial charge is 0.195 e. The van der Waals surface area contributed by atoms with Crippen LogP contribution in [0.15, 0.2) is 23.1 Å². The zero-order valence-electron chi connectivity index (χ0n) is 9.66. The van der Waals surface area contributed by atoms with E-state index in [2.05, 4.69) is 4.98 Å². The number of pyridine rings is 1. The highest BCUT2D eigenvalue weighted by Crippen LogP contribution is 2.18. The SMILES string of the molecule is Cc1ccc(C)c2c(=O)c(C(C)O)c[nH]c12. The lowest BCUT2D eigenvalue weighted by atomic mass is 10.0. The molecular formula is C13H15NO2. The summed E-state index contributed by atoms with van der Waals surface area (Å²) in [7, 11) is 0. The maximum atomic E-state index is 12.2. The number of aliphatic hydroxyl groups excluding tert-OH is 1. The quantitative estimate of drug-likeness (QED) is 0.769. The van der Waals surface area contributed by atoms with Gasteiger partial charge in [-0.2, -0.15) is 0 Å². The Morgan fingerprint density at radius 3 is 2.50 bits per heavy atom. The molecule has 1 heterocycles. The molecule has 0 bridgehead atoms. The van der Waals surface area contributed by atoms with Crippen LogP contribution < -0.4 is 5.43 Å². The van der Waals surface area contributed by atoms with Gasteiger partial charge in [0.05, 0.1) is 11.6 Å². The Balaban J connectivity index is 2.95. The van der Waals surface area contributed by atoms with Crippen molar-refractivity contribution in [1.29, 1.82) is 0 Å². The van der Waals surface area contributed by atoms with Gasteiger partial charge in [-0.15, -0.1) is 0 Å². The number of H-pyrrole nitrogens is 1. The minimum Gasteiger partial charge on any atom is -0.389 e. The van der Waals surface area contributed by atoms with Crippen molar-refractivity contribution < 1.29 is 5.11 Å². The van der Waals surface area contributed by atoms with Gasteiger partial charge < -0.3 is 10.1 Å². The van der Waals surface area contributed by atoms with Crippen molar-refractivity contribution >= 4 is 10.9 Å². The first kappa shape index (κ1) is 10.9. The monoisotopic (exact) mass is 217 g/mol. The number of hydrogen-bond acceptors (Lipinski definition) is 2. The first-order valence-electron chi connectivity index (χ1n) is 5.32. The molecule has 3 nitrogen and oxygen atoms in total. The van der Waals surface area contributed by atoms with Crippen molar-refractivity contribution in [2.24, 2.45) is 0 Å². The number of benzene rings is 1. The Bertz CT molecular complexity index is 597. The third kappa shape index (κ3) is 1.53. The van der Waals surface area contributed by atoms with Gasteiger partial charge in [0.2, 0.25) is 0 Å². The number of aromatic nitrogens is 1. The number of hydrogen-bond donors (Lipinski definition) is 2. The van der Waals surface area contributed by atoms with Crippen molar-refractivity contribution in [3.8, 4) is 0 Å². The number of rotatable bonds is 1. The van der Waals surface area contributed by atoms with E-state index in [1.807, 2.05) is 26.0 Å². The summed E-state index contributed by atoms with van der Waals surface area (Å²) in [5, 5.41) is 10.2. The summed E-state index contributed by atoms with van der Waals surface area (Å²) in [6.45, 7) is 5.46.